The highest BCUT2D eigenvalue weighted by Crippen LogP contribution is 2.40. The quantitative estimate of drug-likeness (QED) is 0.0547. The molecule has 0 bridgehead atoms. The highest BCUT2D eigenvalue weighted by atomic mass is 16.3. The van der Waals surface area contributed by atoms with Crippen LogP contribution >= 0.6 is 0 Å². The van der Waals surface area contributed by atoms with Crippen molar-refractivity contribution >= 4 is 10.8 Å². The summed E-state index contributed by atoms with van der Waals surface area (Å²) >= 11 is 0. The summed E-state index contributed by atoms with van der Waals surface area (Å²) in [4.78, 5) is 0. The van der Waals surface area contributed by atoms with Gasteiger partial charge in [0.25, 0.3) is 0 Å². The molecule has 0 radical (unpaired) electrons. The molecule has 0 saturated carbocycles. The first kappa shape index (κ1) is 52.2. The molecule has 2 aromatic carbocycles. The van der Waals surface area contributed by atoms with E-state index in [1.807, 2.05) is 31.2 Å². The maximum Gasteiger partial charge on any atom is 0.127 e. The van der Waals surface area contributed by atoms with E-state index in [2.05, 4.69) is 75.3 Å². The van der Waals surface area contributed by atoms with Crippen molar-refractivity contribution < 1.29 is 10.2 Å². The van der Waals surface area contributed by atoms with E-state index in [1.165, 1.54) is 148 Å². The maximum absolute atomic E-state index is 10.9. The van der Waals surface area contributed by atoms with Gasteiger partial charge in [-0.3, -0.25) is 0 Å². The molecule has 0 heterocycles. The fourth-order valence-corrected chi connectivity index (χ4v) is 9.68. The molecule has 7 atom stereocenters. The average molecular weight is 803 g/mol. The van der Waals surface area contributed by atoms with Gasteiger partial charge in [-0.2, -0.15) is 0 Å². The third kappa shape index (κ3) is 22.6. The molecule has 2 nitrogen and oxygen atoms in total. The highest BCUT2D eigenvalue weighted by molar-refractivity contribution is 5.95. The molecule has 4 unspecified atom stereocenters. The molecule has 0 saturated heterocycles. The Kier molecular flexibility index (Phi) is 27.1. The minimum absolute atomic E-state index is 0.317. The molecular weight excluding hydrogens is 705 g/mol. The third-order valence-corrected chi connectivity index (χ3v) is 14.3. The van der Waals surface area contributed by atoms with Gasteiger partial charge in [-0.1, -0.05) is 220 Å². The van der Waals surface area contributed by atoms with E-state index in [0.717, 1.165) is 76.2 Å². The fraction of sp³-hybridized carbons (Fsp3) is 0.786. The van der Waals surface area contributed by atoms with Crippen molar-refractivity contribution in [3.63, 3.8) is 0 Å². The smallest absolute Gasteiger partial charge is 0.127 e. The summed E-state index contributed by atoms with van der Waals surface area (Å²) in [6, 6.07) is 7.63. The number of phenolic OH excluding ortho intramolecular Hbond substituents is 2. The van der Waals surface area contributed by atoms with Gasteiger partial charge < -0.3 is 10.2 Å². The molecular formula is C56H98O2. The Labute approximate surface area is 362 Å². The molecule has 0 amide bonds. The third-order valence-electron chi connectivity index (χ3n) is 14.3. The van der Waals surface area contributed by atoms with Crippen molar-refractivity contribution in [2.75, 3.05) is 0 Å². The largest absolute Gasteiger partial charge is 0.507 e. The van der Waals surface area contributed by atoms with E-state index < -0.39 is 0 Å². The van der Waals surface area contributed by atoms with E-state index in [0.29, 0.717) is 17.4 Å². The van der Waals surface area contributed by atoms with Crippen LogP contribution in [-0.4, -0.2) is 10.2 Å². The Morgan fingerprint density at radius 2 is 0.810 bits per heavy atom. The molecule has 0 spiro atoms. The Morgan fingerprint density at radius 1 is 0.466 bits per heavy atom. The normalized spacial score (nSPS) is 16.1. The van der Waals surface area contributed by atoms with Crippen LogP contribution in [0.1, 0.15) is 234 Å². The number of phenols is 2. The predicted octanol–water partition coefficient (Wildman–Crippen LogP) is 18.5. The van der Waals surface area contributed by atoms with Gasteiger partial charge in [0, 0.05) is 16.3 Å². The fourth-order valence-electron chi connectivity index (χ4n) is 9.68. The summed E-state index contributed by atoms with van der Waals surface area (Å²) in [6.07, 6.45) is 36.1. The van der Waals surface area contributed by atoms with Gasteiger partial charge in [-0.15, -0.1) is 0 Å². The van der Waals surface area contributed by atoms with Gasteiger partial charge in [0.05, 0.1) is 0 Å². The van der Waals surface area contributed by atoms with Gasteiger partial charge in [-0.05, 0) is 105 Å². The molecule has 58 heavy (non-hydrogen) atoms. The minimum Gasteiger partial charge on any atom is -0.507 e. The van der Waals surface area contributed by atoms with Crippen LogP contribution < -0.4 is 0 Å². The number of rotatable bonds is 34. The monoisotopic (exact) mass is 803 g/mol. The lowest BCUT2D eigenvalue weighted by Crippen LogP contribution is -2.03. The summed E-state index contributed by atoms with van der Waals surface area (Å²) in [5, 5.41) is 23.2. The first-order valence-electron chi connectivity index (χ1n) is 25.2. The zero-order valence-corrected chi connectivity index (χ0v) is 40.6. The molecule has 0 aliphatic heterocycles. The SMILES string of the molecule is C/C(=C\CCC(C)CCC[C@@H](C)CCCC(C)CCCC(C)CCCC(C)CCc1c(C)c(O)c2ccccc2c1O)CCC[C@@H](C)CCC[C@H](C)CCCC(C)C. The van der Waals surface area contributed by atoms with Crippen LogP contribution in [0.5, 0.6) is 11.5 Å². The van der Waals surface area contributed by atoms with Crippen molar-refractivity contribution in [3.05, 3.63) is 47.0 Å². The second-order valence-electron chi connectivity index (χ2n) is 21.1. The predicted molar refractivity (Wildman–Crippen MR) is 259 cm³/mol. The standard InChI is InChI=1S/C56H98O2/c1-42(2)22-14-23-43(3)24-15-25-44(4)26-16-27-45(5)28-17-29-46(6)30-18-31-47(7)32-19-33-48(8)34-20-35-49(9)36-21-37-50(10)40-41-52-51(11)55(57)53-38-12-13-39-54(53)56(52)58/h12-13,28,38-39,42-44,46-50,57-58H,14-27,29-37,40-41H2,1-11H3/b45-28+/t43-,44+,46?,47-,48?,49?,50?/m1/s1. The van der Waals surface area contributed by atoms with Gasteiger partial charge in [-0.25, -0.2) is 0 Å². The van der Waals surface area contributed by atoms with Crippen LogP contribution in [-0.2, 0) is 6.42 Å². The van der Waals surface area contributed by atoms with Crippen LogP contribution in [0.2, 0.25) is 0 Å². The number of hydrogen-bond donors (Lipinski definition) is 2. The second-order valence-corrected chi connectivity index (χ2v) is 21.1. The van der Waals surface area contributed by atoms with E-state index in [9.17, 15) is 10.2 Å². The molecule has 334 valence electrons. The first-order valence-corrected chi connectivity index (χ1v) is 25.2. The zero-order chi connectivity index (χ0) is 42.9. The van der Waals surface area contributed by atoms with Gasteiger partial charge >= 0.3 is 0 Å². The molecule has 2 rings (SSSR count). The van der Waals surface area contributed by atoms with Crippen LogP contribution in [0.15, 0.2) is 35.9 Å². The summed E-state index contributed by atoms with van der Waals surface area (Å²) < 4.78 is 0. The lowest BCUT2D eigenvalue weighted by Gasteiger charge is -2.18. The number of allylic oxidation sites excluding steroid dienone is 2. The van der Waals surface area contributed by atoms with Crippen molar-refractivity contribution in [2.24, 2.45) is 47.3 Å². The number of fused-ring (bicyclic) bond motifs is 1. The molecule has 0 fully saturated rings. The first-order chi connectivity index (χ1) is 27.7. The topological polar surface area (TPSA) is 40.5 Å². The molecule has 2 N–H and O–H groups in total. The summed E-state index contributed by atoms with van der Waals surface area (Å²) in [7, 11) is 0. The number of hydrogen-bond acceptors (Lipinski definition) is 2. The molecule has 2 heteroatoms. The molecule has 0 aromatic heterocycles. The van der Waals surface area contributed by atoms with Crippen LogP contribution in [0.3, 0.4) is 0 Å². The van der Waals surface area contributed by atoms with Gasteiger partial charge in [0.2, 0.25) is 0 Å². The number of benzene rings is 2. The van der Waals surface area contributed by atoms with E-state index in [4.69, 9.17) is 0 Å². The summed E-state index contributed by atoms with van der Waals surface area (Å²) in [5.74, 6) is 7.34. The van der Waals surface area contributed by atoms with Crippen molar-refractivity contribution in [2.45, 2.75) is 237 Å². The van der Waals surface area contributed by atoms with Crippen molar-refractivity contribution in [1.29, 1.82) is 0 Å². The highest BCUT2D eigenvalue weighted by Gasteiger charge is 2.17. The Hall–Kier alpha value is -1.96. The van der Waals surface area contributed by atoms with E-state index in [1.54, 1.807) is 5.57 Å². The van der Waals surface area contributed by atoms with Gasteiger partial charge in [0.1, 0.15) is 11.5 Å². The summed E-state index contributed by atoms with van der Waals surface area (Å²) in [5.41, 5.74) is 3.37. The van der Waals surface area contributed by atoms with Crippen LogP contribution in [0.4, 0.5) is 0 Å². The number of aromatic hydroxyl groups is 2. The minimum atomic E-state index is 0.317. The molecule has 0 aliphatic carbocycles. The average Bonchev–Trinajstić information content (AvgIpc) is 3.17. The Morgan fingerprint density at radius 3 is 1.22 bits per heavy atom. The Balaban J connectivity index is 1.45. The molecule has 2 aromatic rings. The lowest BCUT2D eigenvalue weighted by molar-refractivity contribution is 0.362. The molecule has 0 aliphatic rings. The van der Waals surface area contributed by atoms with Crippen molar-refractivity contribution in [1.82, 2.24) is 0 Å². The Bertz CT molecular complexity index is 1370. The second kappa shape index (κ2) is 30.1. The van der Waals surface area contributed by atoms with Crippen LogP contribution in [0, 0.1) is 54.3 Å². The van der Waals surface area contributed by atoms with Crippen LogP contribution in [0.25, 0.3) is 10.8 Å². The summed E-state index contributed by atoms with van der Waals surface area (Å²) in [6.45, 7) is 26.3. The zero-order valence-electron chi connectivity index (χ0n) is 40.6. The van der Waals surface area contributed by atoms with Gasteiger partial charge in [0.15, 0.2) is 0 Å². The lowest BCUT2D eigenvalue weighted by atomic mass is 9.88. The van der Waals surface area contributed by atoms with Crippen molar-refractivity contribution in [3.8, 4) is 11.5 Å². The maximum atomic E-state index is 10.9. The van der Waals surface area contributed by atoms with E-state index in [-0.39, 0.29) is 0 Å². The van der Waals surface area contributed by atoms with E-state index >= 15 is 0 Å².